The first kappa shape index (κ1) is 6.33. The summed E-state index contributed by atoms with van der Waals surface area (Å²) < 4.78 is 0. The topological polar surface area (TPSA) is 41.1 Å². The van der Waals surface area contributed by atoms with E-state index in [9.17, 15) is 4.79 Å². The Morgan fingerprint density at radius 2 is 2.22 bits per heavy atom. The molecule has 0 amide bonds. The summed E-state index contributed by atoms with van der Waals surface area (Å²) in [5, 5.41) is 6.11. The molecule has 0 aromatic carbocycles. The zero-order chi connectivity index (χ0) is 6.53. The van der Waals surface area contributed by atoms with Gasteiger partial charge < -0.3 is 10.6 Å². The van der Waals surface area contributed by atoms with Gasteiger partial charge in [-0.3, -0.25) is 0 Å². The minimum absolute atomic E-state index is 0.694. The molecule has 9 heavy (non-hydrogen) atoms. The van der Waals surface area contributed by atoms with Gasteiger partial charge in [-0.15, -0.1) is 0 Å². The molecule has 0 saturated carbocycles. The molecule has 0 spiro atoms. The van der Waals surface area contributed by atoms with Crippen molar-refractivity contribution in [2.45, 2.75) is 6.42 Å². The van der Waals surface area contributed by atoms with Gasteiger partial charge in [0.15, 0.2) is 0 Å². The average Bonchev–Trinajstić information content (AvgIpc) is 2.13. The van der Waals surface area contributed by atoms with Gasteiger partial charge in [0, 0.05) is 26.1 Å². The highest BCUT2D eigenvalue weighted by molar-refractivity contribution is 5.51. The zero-order valence-corrected chi connectivity index (χ0v) is 5.24. The summed E-state index contributed by atoms with van der Waals surface area (Å²) in [6.07, 6.45) is 0.781. The van der Waals surface area contributed by atoms with Crippen molar-refractivity contribution in [1.82, 2.24) is 10.6 Å². The lowest BCUT2D eigenvalue weighted by molar-refractivity contribution is 0.563. The molecule has 1 heterocycles. The Morgan fingerprint density at radius 3 is 3.00 bits per heavy atom. The Bertz CT molecular complexity index is 128. The summed E-state index contributed by atoms with van der Waals surface area (Å²) in [6.45, 7) is 2.66. The summed E-state index contributed by atoms with van der Waals surface area (Å²) in [7, 11) is 0. The van der Waals surface area contributed by atoms with Crippen LogP contribution in [0.2, 0.25) is 0 Å². The minimum atomic E-state index is 0.694. The molecule has 0 bridgehead atoms. The van der Waals surface area contributed by atoms with Gasteiger partial charge in [0.05, 0.1) is 5.70 Å². The molecule has 0 aliphatic carbocycles. The van der Waals surface area contributed by atoms with E-state index in [2.05, 4.69) is 10.6 Å². The van der Waals surface area contributed by atoms with Crippen molar-refractivity contribution < 1.29 is 4.79 Å². The first-order chi connectivity index (χ1) is 4.43. The van der Waals surface area contributed by atoms with Crippen LogP contribution >= 0.6 is 0 Å². The maximum atomic E-state index is 10.1. The third kappa shape index (κ3) is 1.88. The fourth-order valence-corrected chi connectivity index (χ4v) is 0.816. The van der Waals surface area contributed by atoms with E-state index >= 15 is 0 Å². The van der Waals surface area contributed by atoms with E-state index < -0.39 is 0 Å². The molecule has 2 N–H and O–H groups in total. The molecular weight excluding hydrogens is 116 g/mol. The standard InChI is InChI=1S/C6H10N2O/c9-5-6-1-2-7-3-4-8-6/h7-8H,1-4H2. The second kappa shape index (κ2) is 3.28. The first-order valence-corrected chi connectivity index (χ1v) is 3.12. The Balaban J connectivity index is 2.45. The van der Waals surface area contributed by atoms with Gasteiger partial charge in [0.1, 0.15) is 5.94 Å². The summed E-state index contributed by atoms with van der Waals surface area (Å²) in [5.74, 6) is 1.86. The molecular formula is C6H10N2O. The lowest BCUT2D eigenvalue weighted by atomic mass is 10.3. The van der Waals surface area contributed by atoms with Gasteiger partial charge in [-0.05, 0) is 0 Å². The van der Waals surface area contributed by atoms with Crippen LogP contribution in [-0.2, 0) is 4.79 Å². The van der Waals surface area contributed by atoms with Crippen LogP contribution in [0.4, 0.5) is 0 Å². The number of nitrogens with one attached hydrogen (secondary N) is 2. The van der Waals surface area contributed by atoms with E-state index in [1.54, 1.807) is 0 Å². The van der Waals surface area contributed by atoms with Crippen molar-refractivity contribution in [3.8, 4) is 0 Å². The van der Waals surface area contributed by atoms with E-state index in [1.165, 1.54) is 0 Å². The SMILES string of the molecule is O=C=C1CCNCCN1. The molecule has 0 aromatic heterocycles. The van der Waals surface area contributed by atoms with E-state index in [0.717, 1.165) is 26.1 Å². The molecule has 1 aliphatic rings. The molecule has 3 nitrogen and oxygen atoms in total. The third-order valence-corrected chi connectivity index (χ3v) is 1.32. The van der Waals surface area contributed by atoms with E-state index in [4.69, 9.17) is 0 Å². The van der Waals surface area contributed by atoms with E-state index in [-0.39, 0.29) is 0 Å². The first-order valence-electron chi connectivity index (χ1n) is 3.12. The number of carbonyl (C=O) groups excluding carboxylic acids is 1. The zero-order valence-electron chi connectivity index (χ0n) is 5.24. The van der Waals surface area contributed by atoms with Crippen LogP contribution in [-0.4, -0.2) is 25.6 Å². The Labute approximate surface area is 54.1 Å². The predicted octanol–water partition coefficient (Wildman–Crippen LogP) is -0.715. The largest absolute Gasteiger partial charge is 0.378 e. The van der Waals surface area contributed by atoms with Crippen molar-refractivity contribution >= 4 is 5.94 Å². The second-order valence-electron chi connectivity index (χ2n) is 2.01. The molecule has 0 unspecified atom stereocenters. The van der Waals surface area contributed by atoms with Crippen LogP contribution < -0.4 is 10.6 Å². The molecule has 1 rings (SSSR count). The molecule has 0 radical (unpaired) electrons. The predicted molar refractivity (Wildman–Crippen MR) is 34.7 cm³/mol. The highest BCUT2D eigenvalue weighted by atomic mass is 16.1. The van der Waals surface area contributed by atoms with Gasteiger partial charge in [0.25, 0.3) is 0 Å². The molecule has 50 valence electrons. The van der Waals surface area contributed by atoms with Crippen molar-refractivity contribution in [3.05, 3.63) is 5.70 Å². The van der Waals surface area contributed by atoms with Gasteiger partial charge >= 0.3 is 0 Å². The van der Waals surface area contributed by atoms with Gasteiger partial charge in [-0.25, -0.2) is 4.79 Å². The highest BCUT2D eigenvalue weighted by Gasteiger charge is 2.00. The van der Waals surface area contributed by atoms with Crippen LogP contribution in [0.25, 0.3) is 0 Å². The van der Waals surface area contributed by atoms with Crippen LogP contribution in [0, 0.1) is 0 Å². The lowest BCUT2D eigenvalue weighted by Gasteiger charge is -1.96. The fourth-order valence-electron chi connectivity index (χ4n) is 0.816. The van der Waals surface area contributed by atoms with Crippen LogP contribution in [0.15, 0.2) is 5.70 Å². The summed E-state index contributed by atoms with van der Waals surface area (Å²) in [6, 6.07) is 0. The third-order valence-electron chi connectivity index (χ3n) is 1.32. The quantitative estimate of drug-likeness (QED) is 0.421. The Morgan fingerprint density at radius 1 is 1.33 bits per heavy atom. The fraction of sp³-hybridized carbons (Fsp3) is 0.667. The Kier molecular flexibility index (Phi) is 2.31. The summed E-state index contributed by atoms with van der Waals surface area (Å²) in [4.78, 5) is 10.1. The molecule has 0 atom stereocenters. The van der Waals surface area contributed by atoms with E-state index in [0.29, 0.717) is 5.70 Å². The molecule has 0 aromatic rings. The van der Waals surface area contributed by atoms with Crippen LogP contribution in [0.3, 0.4) is 0 Å². The van der Waals surface area contributed by atoms with E-state index in [1.807, 2.05) is 5.94 Å². The normalized spacial score (nSPS) is 19.8. The van der Waals surface area contributed by atoms with Crippen molar-refractivity contribution in [3.63, 3.8) is 0 Å². The van der Waals surface area contributed by atoms with Crippen molar-refractivity contribution in [1.29, 1.82) is 0 Å². The lowest BCUT2D eigenvalue weighted by Crippen LogP contribution is -2.20. The maximum absolute atomic E-state index is 10.1. The van der Waals surface area contributed by atoms with Gasteiger partial charge in [-0.2, -0.15) is 0 Å². The summed E-state index contributed by atoms with van der Waals surface area (Å²) in [5.41, 5.74) is 0.694. The van der Waals surface area contributed by atoms with Crippen molar-refractivity contribution in [2.24, 2.45) is 0 Å². The number of hydrogen-bond donors (Lipinski definition) is 2. The maximum Gasteiger partial charge on any atom is 0.145 e. The van der Waals surface area contributed by atoms with Crippen molar-refractivity contribution in [2.75, 3.05) is 19.6 Å². The molecule has 1 aliphatic heterocycles. The monoisotopic (exact) mass is 126 g/mol. The number of hydrogen-bond acceptors (Lipinski definition) is 3. The van der Waals surface area contributed by atoms with Crippen LogP contribution in [0.5, 0.6) is 0 Å². The second-order valence-corrected chi connectivity index (χ2v) is 2.01. The summed E-state index contributed by atoms with van der Waals surface area (Å²) >= 11 is 0. The Hall–Kier alpha value is -0.790. The molecule has 1 fully saturated rings. The van der Waals surface area contributed by atoms with Gasteiger partial charge in [0.2, 0.25) is 0 Å². The number of rotatable bonds is 0. The van der Waals surface area contributed by atoms with Crippen LogP contribution in [0.1, 0.15) is 6.42 Å². The highest BCUT2D eigenvalue weighted by Crippen LogP contribution is 1.90. The molecule has 3 heteroatoms. The molecule has 1 saturated heterocycles. The smallest absolute Gasteiger partial charge is 0.145 e. The minimum Gasteiger partial charge on any atom is -0.378 e. The average molecular weight is 126 g/mol. The van der Waals surface area contributed by atoms with Gasteiger partial charge in [-0.1, -0.05) is 0 Å².